The largest absolute Gasteiger partial charge is 0.0587 e. The summed E-state index contributed by atoms with van der Waals surface area (Å²) < 4.78 is 0. The summed E-state index contributed by atoms with van der Waals surface area (Å²) in [5.41, 5.74) is 18.4. The highest BCUT2D eigenvalue weighted by Gasteiger charge is 2.28. The highest BCUT2D eigenvalue weighted by atomic mass is 14.3. The average Bonchev–Trinajstić information content (AvgIpc) is 3.23. The molecule has 8 rings (SSSR count). The average molecular weight is 841 g/mol. The molecule has 0 aromatic heterocycles. The molecule has 0 N–H and O–H groups in total. The lowest BCUT2D eigenvalue weighted by Gasteiger charge is -2.27. The molecule has 0 aliphatic heterocycles. The highest BCUT2D eigenvalue weighted by molar-refractivity contribution is 6.34. The van der Waals surface area contributed by atoms with E-state index >= 15 is 0 Å². The molecule has 8 aromatic rings. The summed E-state index contributed by atoms with van der Waals surface area (Å²) >= 11 is 0. The first-order chi connectivity index (χ1) is 29.9. The van der Waals surface area contributed by atoms with Gasteiger partial charge in [-0.1, -0.05) is 244 Å². The van der Waals surface area contributed by atoms with Crippen molar-refractivity contribution in [1.29, 1.82) is 0 Å². The molecule has 0 atom stereocenters. The van der Waals surface area contributed by atoms with Crippen molar-refractivity contribution in [2.24, 2.45) is 0 Å². The Bertz CT molecular complexity index is 2780. The molecule has 0 radical (unpaired) electrons. The van der Waals surface area contributed by atoms with Crippen molar-refractivity contribution in [3.8, 4) is 44.5 Å². The molecule has 328 valence electrons. The lowest BCUT2D eigenvalue weighted by atomic mass is 9.75. The summed E-state index contributed by atoms with van der Waals surface area (Å²) in [5.74, 6) is 0.746. The molecule has 0 aliphatic rings. The predicted molar refractivity (Wildman–Crippen MR) is 284 cm³/mol. The molecule has 0 spiro atoms. The standard InChI is InChI=1S/C64H72/c1-39(2)45-25-35-51-53(37-45)57(43-21-31-49(32-22-43)63(11,12)13)59-56(42-19-29-48(30-20-42)62(8,9)10)52-36-26-46(40(3)4)38-54(52)58(44-23-33-50(34-24-44)64(14,15)16)60(59)55(51)41-17-27-47(28-18-41)61(5,6)7/h17-40H,1-16H3. The van der Waals surface area contributed by atoms with Crippen LogP contribution in [-0.2, 0) is 21.7 Å². The fourth-order valence-corrected chi connectivity index (χ4v) is 9.73. The lowest BCUT2D eigenvalue weighted by molar-refractivity contribution is 0.590. The van der Waals surface area contributed by atoms with Crippen molar-refractivity contribution >= 4 is 32.3 Å². The lowest BCUT2D eigenvalue weighted by Crippen LogP contribution is -2.11. The first-order valence-electron chi connectivity index (χ1n) is 23.9. The smallest absolute Gasteiger partial charge is 0.000139 e. The molecule has 0 bridgehead atoms. The SMILES string of the molecule is CC(C)c1ccc2c(-c3ccc(C(C)(C)C)cc3)c3c(-c4ccc(C(C)(C)C)cc4)c4cc(C(C)C)ccc4c(-c4ccc(C(C)(C)C)cc4)c3c(-c3ccc(C(C)(C)C)cc3)c2c1. The van der Waals surface area contributed by atoms with Crippen molar-refractivity contribution in [2.75, 3.05) is 0 Å². The Morgan fingerprint density at radius 2 is 0.484 bits per heavy atom. The maximum Gasteiger partial charge on any atom is -0.000139 e. The minimum Gasteiger partial charge on any atom is -0.0587 e. The van der Waals surface area contributed by atoms with Crippen LogP contribution >= 0.6 is 0 Å². The molecular formula is C64H72. The molecule has 0 amide bonds. The van der Waals surface area contributed by atoms with Crippen LogP contribution in [0.4, 0.5) is 0 Å². The van der Waals surface area contributed by atoms with Gasteiger partial charge in [0, 0.05) is 0 Å². The number of hydrogen-bond donors (Lipinski definition) is 0. The van der Waals surface area contributed by atoms with E-state index in [9.17, 15) is 0 Å². The topological polar surface area (TPSA) is 0 Å². The van der Waals surface area contributed by atoms with Crippen LogP contribution in [0, 0.1) is 0 Å². The predicted octanol–water partition coefficient (Wildman–Crippen LogP) is 19.3. The Kier molecular flexibility index (Phi) is 11.4. The van der Waals surface area contributed by atoms with E-state index in [1.165, 1.54) is 110 Å². The van der Waals surface area contributed by atoms with Crippen LogP contribution in [0.3, 0.4) is 0 Å². The number of rotatable bonds is 6. The van der Waals surface area contributed by atoms with E-state index in [-0.39, 0.29) is 21.7 Å². The van der Waals surface area contributed by atoms with Gasteiger partial charge < -0.3 is 0 Å². The zero-order valence-electron chi connectivity index (χ0n) is 41.9. The molecule has 0 fully saturated rings. The van der Waals surface area contributed by atoms with Gasteiger partial charge in [0.25, 0.3) is 0 Å². The molecule has 0 heteroatoms. The fourth-order valence-electron chi connectivity index (χ4n) is 9.73. The third kappa shape index (κ3) is 8.35. The summed E-state index contributed by atoms with van der Waals surface area (Å²) in [7, 11) is 0. The van der Waals surface area contributed by atoms with Crippen molar-refractivity contribution in [2.45, 2.75) is 144 Å². The second kappa shape index (κ2) is 16.2. The minimum atomic E-state index is 0.0349. The van der Waals surface area contributed by atoms with Crippen LogP contribution in [0.1, 0.15) is 156 Å². The third-order valence-corrected chi connectivity index (χ3v) is 13.9. The molecule has 0 unspecified atom stereocenters. The van der Waals surface area contributed by atoms with E-state index in [2.05, 4.69) is 244 Å². The van der Waals surface area contributed by atoms with Crippen LogP contribution in [0.5, 0.6) is 0 Å². The van der Waals surface area contributed by atoms with Crippen molar-refractivity contribution in [1.82, 2.24) is 0 Å². The third-order valence-electron chi connectivity index (χ3n) is 13.9. The van der Waals surface area contributed by atoms with E-state index in [1.54, 1.807) is 0 Å². The molecule has 0 aliphatic carbocycles. The van der Waals surface area contributed by atoms with Crippen LogP contribution in [0.2, 0.25) is 0 Å². The van der Waals surface area contributed by atoms with Crippen molar-refractivity contribution in [3.63, 3.8) is 0 Å². The van der Waals surface area contributed by atoms with Gasteiger partial charge in [-0.15, -0.1) is 0 Å². The van der Waals surface area contributed by atoms with Gasteiger partial charge in [-0.05, 0) is 144 Å². The van der Waals surface area contributed by atoms with Gasteiger partial charge >= 0.3 is 0 Å². The number of benzene rings is 8. The Labute approximate surface area is 386 Å². The number of hydrogen-bond acceptors (Lipinski definition) is 0. The zero-order chi connectivity index (χ0) is 46.3. The summed E-state index contributed by atoms with van der Waals surface area (Å²) in [6.07, 6.45) is 0. The minimum absolute atomic E-state index is 0.0349. The van der Waals surface area contributed by atoms with E-state index < -0.39 is 0 Å². The summed E-state index contributed by atoms with van der Waals surface area (Å²) in [4.78, 5) is 0. The van der Waals surface area contributed by atoms with Gasteiger partial charge in [-0.25, -0.2) is 0 Å². The van der Waals surface area contributed by atoms with Gasteiger partial charge in [-0.3, -0.25) is 0 Å². The fraction of sp³-hybridized carbons (Fsp3) is 0.344. The monoisotopic (exact) mass is 841 g/mol. The molecule has 0 saturated heterocycles. The Morgan fingerprint density at radius 3 is 0.688 bits per heavy atom. The number of fused-ring (bicyclic) bond motifs is 3. The Balaban J connectivity index is 1.71. The van der Waals surface area contributed by atoms with Gasteiger partial charge in [0.1, 0.15) is 0 Å². The van der Waals surface area contributed by atoms with E-state index in [4.69, 9.17) is 0 Å². The first-order valence-corrected chi connectivity index (χ1v) is 23.9. The van der Waals surface area contributed by atoms with Crippen LogP contribution in [-0.4, -0.2) is 0 Å². The van der Waals surface area contributed by atoms with E-state index in [0.717, 1.165) is 0 Å². The summed E-state index contributed by atoms with van der Waals surface area (Å²) in [6.45, 7) is 37.1. The van der Waals surface area contributed by atoms with Crippen LogP contribution in [0.15, 0.2) is 133 Å². The molecule has 8 aromatic carbocycles. The molecule has 64 heavy (non-hydrogen) atoms. The summed E-state index contributed by atoms with van der Waals surface area (Å²) in [6, 6.07) is 52.9. The Hall–Kier alpha value is -5.46. The maximum atomic E-state index is 2.52. The second-order valence-electron chi connectivity index (χ2n) is 23.5. The van der Waals surface area contributed by atoms with E-state index in [0.29, 0.717) is 11.8 Å². The van der Waals surface area contributed by atoms with Crippen molar-refractivity contribution in [3.05, 3.63) is 167 Å². The quantitative estimate of drug-likeness (QED) is 0.146. The molecule has 0 nitrogen and oxygen atoms in total. The highest BCUT2D eigenvalue weighted by Crippen LogP contribution is 2.54. The Morgan fingerprint density at radius 1 is 0.266 bits per heavy atom. The summed E-state index contributed by atoms with van der Waals surface area (Å²) in [5, 5.41) is 7.81. The second-order valence-corrected chi connectivity index (χ2v) is 23.5. The maximum absolute atomic E-state index is 2.52. The molecule has 0 saturated carbocycles. The first kappa shape index (κ1) is 45.1. The van der Waals surface area contributed by atoms with Gasteiger partial charge in [0.15, 0.2) is 0 Å². The molecular weight excluding hydrogens is 769 g/mol. The molecule has 0 heterocycles. The van der Waals surface area contributed by atoms with Gasteiger partial charge in [0.05, 0.1) is 0 Å². The normalized spacial score (nSPS) is 13.0. The van der Waals surface area contributed by atoms with Crippen LogP contribution in [0.25, 0.3) is 76.8 Å². The van der Waals surface area contributed by atoms with Crippen molar-refractivity contribution < 1.29 is 0 Å². The van der Waals surface area contributed by atoms with Gasteiger partial charge in [0.2, 0.25) is 0 Å². The van der Waals surface area contributed by atoms with Crippen LogP contribution < -0.4 is 0 Å². The van der Waals surface area contributed by atoms with E-state index in [1.807, 2.05) is 0 Å². The zero-order valence-corrected chi connectivity index (χ0v) is 41.9. The van der Waals surface area contributed by atoms with Gasteiger partial charge in [-0.2, -0.15) is 0 Å².